The molecule has 0 unspecified atom stereocenters. The van der Waals surface area contributed by atoms with Gasteiger partial charge in [0.15, 0.2) is 0 Å². The summed E-state index contributed by atoms with van der Waals surface area (Å²) in [6.07, 6.45) is -4.62. The number of fused-ring (bicyclic) bond motifs is 1. The first kappa shape index (κ1) is 27.9. The van der Waals surface area contributed by atoms with Crippen LogP contribution in [0.3, 0.4) is 0 Å². The summed E-state index contributed by atoms with van der Waals surface area (Å²) in [4.78, 5) is 28.5. The van der Waals surface area contributed by atoms with E-state index < -0.39 is 30.0 Å². The number of H-pyrrole nitrogens is 1. The van der Waals surface area contributed by atoms with Crippen LogP contribution >= 0.6 is 11.6 Å². The van der Waals surface area contributed by atoms with Gasteiger partial charge in [-0.25, -0.2) is 4.39 Å². The molecule has 0 radical (unpaired) electrons. The monoisotopic (exact) mass is 579 g/mol. The highest BCUT2D eigenvalue weighted by molar-refractivity contribution is 6.30. The average molecular weight is 580 g/mol. The third-order valence-corrected chi connectivity index (χ3v) is 6.80. The standard InChI is InChI=1S/C31H22ClF4N3O2/c32-23-11-4-18(5-12-23)16-37-30(41)28-15-25-24(2-1-3-27(25)39-28)19-6-8-20(9-7-19)29(40)38-17-21-14-22(31(34,35)36)10-13-26(21)33/h1-15,39H,16-17H2,(H,37,41)(H,38,40). The highest BCUT2D eigenvalue weighted by atomic mass is 35.5. The molecule has 0 bridgehead atoms. The van der Waals surface area contributed by atoms with Gasteiger partial charge in [0.2, 0.25) is 0 Å². The van der Waals surface area contributed by atoms with E-state index in [-0.39, 0.29) is 17.0 Å². The molecule has 0 saturated heterocycles. The van der Waals surface area contributed by atoms with Gasteiger partial charge in [0.05, 0.1) is 5.56 Å². The van der Waals surface area contributed by atoms with Crippen molar-refractivity contribution in [3.63, 3.8) is 0 Å². The molecule has 5 nitrogen and oxygen atoms in total. The molecule has 0 saturated carbocycles. The number of benzene rings is 4. The van der Waals surface area contributed by atoms with Crippen LogP contribution in [-0.4, -0.2) is 16.8 Å². The molecule has 3 N–H and O–H groups in total. The fourth-order valence-corrected chi connectivity index (χ4v) is 4.50. The predicted molar refractivity (Wildman–Crippen MR) is 149 cm³/mol. The van der Waals surface area contributed by atoms with Crippen LogP contribution in [0.4, 0.5) is 17.6 Å². The fraction of sp³-hybridized carbons (Fsp3) is 0.0968. The maximum atomic E-state index is 14.0. The van der Waals surface area contributed by atoms with Gasteiger partial charge in [-0.05, 0) is 71.3 Å². The molecule has 5 rings (SSSR count). The van der Waals surface area contributed by atoms with Crippen LogP contribution in [0.25, 0.3) is 22.0 Å². The Hall–Kier alpha value is -4.63. The number of hydrogen-bond acceptors (Lipinski definition) is 2. The zero-order chi connectivity index (χ0) is 29.1. The summed E-state index contributed by atoms with van der Waals surface area (Å²) in [6, 6.07) is 23.2. The van der Waals surface area contributed by atoms with Gasteiger partial charge in [0, 0.05) is 40.1 Å². The van der Waals surface area contributed by atoms with Crippen molar-refractivity contribution in [3.8, 4) is 11.1 Å². The van der Waals surface area contributed by atoms with Crippen LogP contribution in [-0.2, 0) is 19.3 Å². The van der Waals surface area contributed by atoms with Crippen LogP contribution in [0.2, 0.25) is 5.02 Å². The summed E-state index contributed by atoms with van der Waals surface area (Å²) in [5.41, 5.74) is 2.65. The summed E-state index contributed by atoms with van der Waals surface area (Å²) in [7, 11) is 0. The molecular formula is C31H22ClF4N3O2. The molecule has 5 aromatic rings. The summed E-state index contributed by atoms with van der Waals surface area (Å²) in [5, 5.41) is 6.76. The molecular weight excluding hydrogens is 558 g/mol. The molecule has 0 spiro atoms. The number of carbonyl (C=O) groups is 2. The van der Waals surface area contributed by atoms with E-state index in [1.165, 1.54) is 0 Å². The highest BCUT2D eigenvalue weighted by Crippen LogP contribution is 2.31. The topological polar surface area (TPSA) is 74.0 Å². The Morgan fingerprint density at radius 2 is 1.51 bits per heavy atom. The minimum atomic E-state index is -4.62. The number of carbonyl (C=O) groups excluding carboxylic acids is 2. The Morgan fingerprint density at radius 3 is 2.22 bits per heavy atom. The van der Waals surface area contributed by atoms with Gasteiger partial charge in [-0.1, -0.05) is 48.0 Å². The van der Waals surface area contributed by atoms with Gasteiger partial charge < -0.3 is 15.6 Å². The van der Waals surface area contributed by atoms with Crippen molar-refractivity contribution in [1.29, 1.82) is 0 Å². The number of halogens is 5. The second-order valence-corrected chi connectivity index (χ2v) is 9.76. The molecule has 1 heterocycles. The van der Waals surface area contributed by atoms with Crippen molar-refractivity contribution >= 4 is 34.3 Å². The number of nitrogens with one attached hydrogen (secondary N) is 3. The zero-order valence-electron chi connectivity index (χ0n) is 21.3. The fourth-order valence-electron chi connectivity index (χ4n) is 4.37. The van der Waals surface area contributed by atoms with Crippen molar-refractivity contribution in [2.75, 3.05) is 0 Å². The van der Waals surface area contributed by atoms with Crippen LogP contribution in [0.5, 0.6) is 0 Å². The molecule has 41 heavy (non-hydrogen) atoms. The highest BCUT2D eigenvalue weighted by Gasteiger charge is 2.31. The van der Waals surface area contributed by atoms with E-state index in [2.05, 4.69) is 15.6 Å². The summed E-state index contributed by atoms with van der Waals surface area (Å²) in [6.45, 7) is -0.0655. The van der Waals surface area contributed by atoms with Crippen molar-refractivity contribution in [3.05, 3.63) is 130 Å². The summed E-state index contributed by atoms with van der Waals surface area (Å²) >= 11 is 5.91. The lowest BCUT2D eigenvalue weighted by Gasteiger charge is -2.11. The van der Waals surface area contributed by atoms with E-state index in [1.807, 2.05) is 30.3 Å². The Balaban J connectivity index is 1.28. The Labute approximate surface area is 237 Å². The Morgan fingerprint density at radius 1 is 0.805 bits per heavy atom. The van der Waals surface area contributed by atoms with E-state index in [0.29, 0.717) is 29.4 Å². The summed E-state index contributed by atoms with van der Waals surface area (Å²) in [5.74, 6) is -1.68. The van der Waals surface area contributed by atoms with Gasteiger partial charge in [0.1, 0.15) is 11.5 Å². The number of rotatable bonds is 7. The van der Waals surface area contributed by atoms with Gasteiger partial charge in [0.25, 0.3) is 11.8 Å². The third-order valence-electron chi connectivity index (χ3n) is 6.55. The van der Waals surface area contributed by atoms with Crippen LogP contribution < -0.4 is 10.6 Å². The van der Waals surface area contributed by atoms with Crippen LogP contribution in [0.1, 0.15) is 37.5 Å². The van der Waals surface area contributed by atoms with Crippen LogP contribution in [0.15, 0.2) is 91.0 Å². The molecule has 0 atom stereocenters. The normalized spacial score (nSPS) is 11.4. The van der Waals surface area contributed by atoms with Crippen molar-refractivity contribution in [2.24, 2.45) is 0 Å². The van der Waals surface area contributed by atoms with Gasteiger partial charge in [-0.3, -0.25) is 9.59 Å². The molecule has 0 aliphatic heterocycles. The van der Waals surface area contributed by atoms with Crippen LogP contribution in [0, 0.1) is 5.82 Å². The molecule has 208 valence electrons. The average Bonchev–Trinajstić information content (AvgIpc) is 3.40. The van der Waals surface area contributed by atoms with Gasteiger partial charge in [-0.15, -0.1) is 0 Å². The number of hydrogen-bond donors (Lipinski definition) is 3. The lowest BCUT2D eigenvalue weighted by molar-refractivity contribution is -0.137. The molecule has 0 fully saturated rings. The molecule has 1 aromatic heterocycles. The number of amides is 2. The largest absolute Gasteiger partial charge is 0.416 e. The predicted octanol–water partition coefficient (Wildman–Crippen LogP) is 7.51. The maximum absolute atomic E-state index is 14.0. The minimum Gasteiger partial charge on any atom is -0.351 e. The number of aromatic nitrogens is 1. The smallest absolute Gasteiger partial charge is 0.351 e. The quantitative estimate of drug-likeness (QED) is 0.175. The van der Waals surface area contributed by atoms with Gasteiger partial charge >= 0.3 is 6.18 Å². The molecule has 0 aliphatic rings. The van der Waals surface area contributed by atoms with Crippen molar-refractivity contribution < 1.29 is 27.2 Å². The Kier molecular flexibility index (Phi) is 7.81. The van der Waals surface area contributed by atoms with Gasteiger partial charge in [-0.2, -0.15) is 13.2 Å². The first-order valence-electron chi connectivity index (χ1n) is 12.5. The lowest BCUT2D eigenvalue weighted by atomic mass is 10.00. The minimum absolute atomic E-state index is 0.254. The molecule has 10 heteroatoms. The first-order chi connectivity index (χ1) is 19.6. The van der Waals surface area contributed by atoms with E-state index >= 15 is 0 Å². The first-order valence-corrected chi connectivity index (χ1v) is 12.8. The Bertz CT molecular complexity index is 1730. The van der Waals surface area contributed by atoms with E-state index in [9.17, 15) is 27.2 Å². The molecule has 0 aliphatic carbocycles. The summed E-state index contributed by atoms with van der Waals surface area (Å²) < 4.78 is 52.9. The maximum Gasteiger partial charge on any atom is 0.416 e. The van der Waals surface area contributed by atoms with E-state index in [1.54, 1.807) is 42.5 Å². The molecule has 2 amide bonds. The van der Waals surface area contributed by atoms with Crippen molar-refractivity contribution in [1.82, 2.24) is 15.6 Å². The number of alkyl halides is 3. The zero-order valence-corrected chi connectivity index (χ0v) is 22.0. The number of aromatic amines is 1. The van der Waals surface area contributed by atoms with E-state index in [4.69, 9.17) is 11.6 Å². The second kappa shape index (κ2) is 11.5. The second-order valence-electron chi connectivity index (χ2n) is 9.32. The lowest BCUT2D eigenvalue weighted by Crippen LogP contribution is -2.23. The van der Waals surface area contributed by atoms with Crippen molar-refractivity contribution in [2.45, 2.75) is 19.3 Å². The van der Waals surface area contributed by atoms with E-state index in [0.717, 1.165) is 33.7 Å². The third kappa shape index (κ3) is 6.41. The molecule has 4 aromatic carbocycles. The SMILES string of the molecule is O=C(NCc1cc(C(F)(F)F)ccc1F)c1ccc(-c2cccc3[nH]c(C(=O)NCc4ccc(Cl)cc4)cc23)cc1.